The summed E-state index contributed by atoms with van der Waals surface area (Å²) in [5, 5.41) is 6.35. The van der Waals surface area contributed by atoms with Crippen molar-refractivity contribution in [3.63, 3.8) is 0 Å². The van der Waals surface area contributed by atoms with Gasteiger partial charge in [-0.15, -0.1) is 12.4 Å². The molecule has 0 aliphatic carbocycles. The molecule has 2 atom stereocenters. The fourth-order valence-corrected chi connectivity index (χ4v) is 3.00. The number of rotatable bonds is 8. The van der Waals surface area contributed by atoms with E-state index in [9.17, 15) is 9.59 Å². The van der Waals surface area contributed by atoms with Crippen LogP contribution in [-0.2, 0) is 16.1 Å². The number of primary amides is 1. The number of carbonyl (C=O) groups excluding carboxylic acids is 2. The lowest BCUT2D eigenvalue weighted by molar-refractivity contribution is -0.122. The van der Waals surface area contributed by atoms with Crippen molar-refractivity contribution in [1.82, 2.24) is 10.6 Å². The highest BCUT2D eigenvalue weighted by molar-refractivity contribution is 5.85. The van der Waals surface area contributed by atoms with E-state index in [1.807, 2.05) is 12.1 Å². The zero-order chi connectivity index (χ0) is 17.4. The Balaban J connectivity index is 0.00000312. The number of halogens is 1. The largest absolute Gasteiger partial charge is 0.484 e. The first-order chi connectivity index (χ1) is 11.5. The van der Waals surface area contributed by atoms with Gasteiger partial charge < -0.3 is 21.1 Å². The molecule has 6 nitrogen and oxygen atoms in total. The lowest BCUT2D eigenvalue weighted by atomic mass is 9.85. The Morgan fingerprint density at radius 2 is 2.24 bits per heavy atom. The number of amides is 2. The second-order valence-corrected chi connectivity index (χ2v) is 6.47. The van der Waals surface area contributed by atoms with Crippen molar-refractivity contribution in [1.29, 1.82) is 0 Å². The fraction of sp³-hybridized carbons (Fsp3) is 0.556. The average molecular weight is 370 g/mol. The first-order valence-corrected chi connectivity index (χ1v) is 8.52. The number of hydrogen-bond acceptors (Lipinski definition) is 4. The predicted octanol–water partition coefficient (Wildman–Crippen LogP) is 1.61. The lowest BCUT2D eigenvalue weighted by Crippen LogP contribution is -2.35. The number of piperidine rings is 1. The van der Waals surface area contributed by atoms with Gasteiger partial charge in [0, 0.05) is 13.0 Å². The Morgan fingerprint density at radius 3 is 2.92 bits per heavy atom. The molecule has 1 heterocycles. The number of ether oxygens (including phenoxy) is 1. The van der Waals surface area contributed by atoms with Crippen LogP contribution in [0.25, 0.3) is 0 Å². The number of nitrogens with one attached hydrogen (secondary N) is 2. The quantitative estimate of drug-likeness (QED) is 0.649. The van der Waals surface area contributed by atoms with Crippen molar-refractivity contribution >= 4 is 24.2 Å². The van der Waals surface area contributed by atoms with Crippen LogP contribution >= 0.6 is 12.4 Å². The van der Waals surface area contributed by atoms with Crippen molar-refractivity contribution in [2.75, 3.05) is 19.7 Å². The van der Waals surface area contributed by atoms with Crippen LogP contribution in [0.3, 0.4) is 0 Å². The van der Waals surface area contributed by atoms with Gasteiger partial charge in [0.2, 0.25) is 5.91 Å². The number of nitrogens with two attached hydrogens (primary N) is 1. The molecule has 1 aromatic carbocycles. The van der Waals surface area contributed by atoms with Gasteiger partial charge in [-0.1, -0.05) is 19.1 Å². The van der Waals surface area contributed by atoms with Crippen LogP contribution in [0.1, 0.15) is 31.7 Å². The van der Waals surface area contributed by atoms with E-state index in [0.717, 1.165) is 18.7 Å². The van der Waals surface area contributed by atoms with Crippen LogP contribution in [0, 0.1) is 11.8 Å². The van der Waals surface area contributed by atoms with Gasteiger partial charge in [0.25, 0.3) is 5.91 Å². The molecule has 4 N–H and O–H groups in total. The molecule has 1 aliphatic rings. The summed E-state index contributed by atoms with van der Waals surface area (Å²) >= 11 is 0. The Bertz CT molecular complexity index is 562. The van der Waals surface area contributed by atoms with E-state index < -0.39 is 5.91 Å². The summed E-state index contributed by atoms with van der Waals surface area (Å²) in [6, 6.07) is 7.30. The third-order valence-electron chi connectivity index (χ3n) is 4.42. The zero-order valence-electron chi connectivity index (χ0n) is 14.6. The van der Waals surface area contributed by atoms with Crippen LogP contribution in [0.2, 0.25) is 0 Å². The molecule has 25 heavy (non-hydrogen) atoms. The van der Waals surface area contributed by atoms with Gasteiger partial charge in [0.05, 0.1) is 0 Å². The van der Waals surface area contributed by atoms with Crippen LogP contribution in [-0.4, -0.2) is 31.5 Å². The van der Waals surface area contributed by atoms with Gasteiger partial charge in [-0.05, 0) is 55.5 Å². The molecule has 1 saturated heterocycles. The van der Waals surface area contributed by atoms with E-state index in [2.05, 4.69) is 17.6 Å². The molecule has 0 bridgehead atoms. The Hall–Kier alpha value is -1.79. The first-order valence-electron chi connectivity index (χ1n) is 8.52. The Kier molecular flexibility index (Phi) is 9.31. The summed E-state index contributed by atoms with van der Waals surface area (Å²) in [4.78, 5) is 22.9. The highest BCUT2D eigenvalue weighted by Gasteiger charge is 2.21. The smallest absolute Gasteiger partial charge is 0.255 e. The molecule has 1 aromatic rings. The van der Waals surface area contributed by atoms with Gasteiger partial charge in [-0.25, -0.2) is 0 Å². The maximum Gasteiger partial charge on any atom is 0.255 e. The van der Waals surface area contributed by atoms with Crippen LogP contribution in [0.15, 0.2) is 24.3 Å². The third kappa shape index (κ3) is 7.75. The minimum Gasteiger partial charge on any atom is -0.484 e. The van der Waals surface area contributed by atoms with Gasteiger partial charge in [-0.2, -0.15) is 0 Å². The maximum atomic E-state index is 12.1. The summed E-state index contributed by atoms with van der Waals surface area (Å²) in [5.74, 6) is 1.08. The van der Waals surface area contributed by atoms with Crippen molar-refractivity contribution in [2.45, 2.75) is 32.7 Å². The molecular weight excluding hydrogens is 342 g/mol. The molecule has 0 aromatic heterocycles. The molecule has 1 fully saturated rings. The lowest BCUT2D eigenvalue weighted by Gasteiger charge is -2.28. The molecule has 2 amide bonds. The van der Waals surface area contributed by atoms with Gasteiger partial charge in [-0.3, -0.25) is 9.59 Å². The predicted molar refractivity (Wildman–Crippen MR) is 99.6 cm³/mol. The highest BCUT2D eigenvalue weighted by Crippen LogP contribution is 2.22. The molecule has 2 unspecified atom stereocenters. The maximum absolute atomic E-state index is 12.1. The van der Waals surface area contributed by atoms with E-state index in [-0.39, 0.29) is 24.9 Å². The minimum atomic E-state index is -0.514. The van der Waals surface area contributed by atoms with E-state index >= 15 is 0 Å². The molecule has 0 saturated carbocycles. The number of carbonyl (C=O) groups is 2. The molecule has 0 spiro atoms. The SMILES string of the molecule is CC(CC(=O)NCc1cccc(OCC(N)=O)c1)C1CCCNC1.Cl. The highest BCUT2D eigenvalue weighted by atomic mass is 35.5. The van der Waals surface area contributed by atoms with E-state index in [4.69, 9.17) is 10.5 Å². The summed E-state index contributed by atoms with van der Waals surface area (Å²) in [6.07, 6.45) is 2.93. The zero-order valence-corrected chi connectivity index (χ0v) is 15.4. The van der Waals surface area contributed by atoms with Crippen molar-refractivity contribution in [3.05, 3.63) is 29.8 Å². The van der Waals surface area contributed by atoms with Crippen LogP contribution in [0.4, 0.5) is 0 Å². The number of benzene rings is 1. The minimum absolute atomic E-state index is 0. The normalized spacial score (nSPS) is 17.9. The molecule has 2 rings (SSSR count). The monoisotopic (exact) mass is 369 g/mol. The molecule has 0 radical (unpaired) electrons. The third-order valence-corrected chi connectivity index (χ3v) is 4.42. The Labute approximate surface area is 155 Å². The average Bonchev–Trinajstić information content (AvgIpc) is 2.59. The van der Waals surface area contributed by atoms with E-state index in [1.54, 1.807) is 12.1 Å². The molecule has 7 heteroatoms. The van der Waals surface area contributed by atoms with Crippen molar-refractivity contribution in [3.8, 4) is 5.75 Å². The van der Waals surface area contributed by atoms with Gasteiger partial charge >= 0.3 is 0 Å². The molecule has 140 valence electrons. The standard InChI is InChI=1S/C18H27N3O3.ClH/c1-13(15-5-3-7-20-11-15)8-18(23)21-10-14-4-2-6-16(9-14)24-12-17(19)22;/h2,4,6,9,13,15,20H,3,5,7-8,10-12H2,1H3,(H2,19,22)(H,21,23);1H. The molecule has 1 aliphatic heterocycles. The van der Waals surface area contributed by atoms with Crippen molar-refractivity contribution < 1.29 is 14.3 Å². The van der Waals surface area contributed by atoms with Crippen LogP contribution in [0.5, 0.6) is 5.75 Å². The Morgan fingerprint density at radius 1 is 1.44 bits per heavy atom. The fourth-order valence-electron chi connectivity index (χ4n) is 3.00. The van der Waals surface area contributed by atoms with E-state index in [0.29, 0.717) is 30.6 Å². The summed E-state index contributed by atoms with van der Waals surface area (Å²) in [7, 11) is 0. The molecular formula is C18H28ClN3O3. The second-order valence-electron chi connectivity index (χ2n) is 6.47. The first kappa shape index (κ1) is 21.3. The van der Waals surface area contributed by atoms with Gasteiger partial charge in [0.1, 0.15) is 5.75 Å². The summed E-state index contributed by atoms with van der Waals surface area (Å²) in [5.41, 5.74) is 5.99. The topological polar surface area (TPSA) is 93.4 Å². The summed E-state index contributed by atoms with van der Waals surface area (Å²) < 4.78 is 5.26. The summed E-state index contributed by atoms with van der Waals surface area (Å²) in [6.45, 7) is 4.54. The van der Waals surface area contributed by atoms with Crippen molar-refractivity contribution in [2.24, 2.45) is 17.6 Å². The number of hydrogen-bond donors (Lipinski definition) is 3. The van der Waals surface area contributed by atoms with E-state index in [1.165, 1.54) is 12.8 Å². The second kappa shape index (κ2) is 10.9. The van der Waals surface area contributed by atoms with Gasteiger partial charge in [0.15, 0.2) is 6.61 Å². The van der Waals surface area contributed by atoms with Crippen LogP contribution < -0.4 is 21.1 Å².